The average molecular weight is 452 g/mol. The Morgan fingerprint density at radius 3 is 1.97 bits per heavy atom. The second-order valence-corrected chi connectivity index (χ2v) is 9.18. The predicted octanol–water partition coefficient (Wildman–Crippen LogP) is 6.81. The minimum atomic E-state index is -1.71. The van der Waals surface area contributed by atoms with Crippen molar-refractivity contribution in [1.29, 1.82) is 0 Å². The van der Waals surface area contributed by atoms with Crippen LogP contribution in [0.25, 0.3) is 0 Å². The molecular weight excluding hydrogens is 420 g/mol. The van der Waals surface area contributed by atoms with Crippen LogP contribution in [0.3, 0.4) is 0 Å². The minimum Gasteiger partial charge on any atom is -0.459 e. The Balaban J connectivity index is 2.08. The number of nitrogens with zero attached hydrogens (tertiary/aromatic N) is 1. The van der Waals surface area contributed by atoms with Gasteiger partial charge in [0, 0.05) is 12.6 Å². The van der Waals surface area contributed by atoms with Crippen molar-refractivity contribution in [2.45, 2.75) is 58.1 Å². The molecule has 0 saturated heterocycles. The van der Waals surface area contributed by atoms with Gasteiger partial charge in [0.1, 0.15) is 17.5 Å². The summed E-state index contributed by atoms with van der Waals surface area (Å²) in [5, 5.41) is 0. The topological polar surface area (TPSA) is 29.5 Å². The van der Waals surface area contributed by atoms with Crippen LogP contribution in [0.1, 0.15) is 56.6 Å². The van der Waals surface area contributed by atoms with Gasteiger partial charge in [0.05, 0.1) is 0 Å². The van der Waals surface area contributed by atoms with Gasteiger partial charge in [0.25, 0.3) is 0 Å². The number of hydrogen-bond acceptors (Lipinski definition) is 3. The number of benzene rings is 3. The summed E-state index contributed by atoms with van der Waals surface area (Å²) in [7, 11) is 0. The Labute approximate surface area is 195 Å². The monoisotopic (exact) mass is 451 g/mol. The van der Waals surface area contributed by atoms with Gasteiger partial charge >= 0.3 is 5.97 Å². The largest absolute Gasteiger partial charge is 0.459 e. The van der Waals surface area contributed by atoms with Gasteiger partial charge in [0.15, 0.2) is 6.17 Å². The molecule has 0 unspecified atom stereocenters. The molecular formula is C28H31F2NO2. The van der Waals surface area contributed by atoms with Crippen LogP contribution >= 0.6 is 0 Å². The van der Waals surface area contributed by atoms with Crippen LogP contribution in [0.4, 0.5) is 8.78 Å². The van der Waals surface area contributed by atoms with E-state index in [1.165, 1.54) is 24.3 Å². The van der Waals surface area contributed by atoms with E-state index in [4.69, 9.17) is 4.74 Å². The first-order valence-electron chi connectivity index (χ1n) is 11.1. The maximum Gasteiger partial charge on any atom is 0.327 e. The van der Waals surface area contributed by atoms with Crippen LogP contribution in [-0.2, 0) is 16.1 Å². The third-order valence-electron chi connectivity index (χ3n) is 5.46. The highest BCUT2D eigenvalue weighted by atomic mass is 19.1. The molecule has 33 heavy (non-hydrogen) atoms. The molecule has 0 radical (unpaired) electrons. The second-order valence-electron chi connectivity index (χ2n) is 9.18. The van der Waals surface area contributed by atoms with Crippen molar-refractivity contribution in [2.24, 2.45) is 0 Å². The molecule has 0 amide bonds. The van der Waals surface area contributed by atoms with E-state index in [9.17, 15) is 9.18 Å². The Morgan fingerprint density at radius 2 is 1.42 bits per heavy atom. The van der Waals surface area contributed by atoms with E-state index in [2.05, 4.69) is 0 Å². The van der Waals surface area contributed by atoms with E-state index in [0.717, 1.165) is 11.1 Å². The van der Waals surface area contributed by atoms with E-state index in [1.807, 2.05) is 72.5 Å². The highest BCUT2D eigenvalue weighted by Crippen LogP contribution is 2.34. The number of rotatable bonds is 8. The van der Waals surface area contributed by atoms with Crippen LogP contribution in [-0.4, -0.2) is 22.5 Å². The SMILES string of the molecule is C[C@H](c1ccccc1)N(Cc1ccccc1)[C@H](C(=O)OC(C)(C)C)[C@@H](F)c1ccc(F)cc1. The Kier molecular flexibility index (Phi) is 7.98. The van der Waals surface area contributed by atoms with E-state index in [-0.39, 0.29) is 11.6 Å². The molecule has 5 heteroatoms. The molecule has 3 aromatic rings. The first kappa shape index (κ1) is 24.6. The lowest BCUT2D eigenvalue weighted by atomic mass is 9.97. The third kappa shape index (κ3) is 6.72. The average Bonchev–Trinajstić information content (AvgIpc) is 2.78. The molecule has 0 aliphatic heterocycles. The van der Waals surface area contributed by atoms with Gasteiger partial charge in [-0.1, -0.05) is 72.8 Å². The molecule has 0 aromatic heterocycles. The van der Waals surface area contributed by atoms with Gasteiger partial charge in [-0.15, -0.1) is 0 Å². The number of hydrogen-bond donors (Lipinski definition) is 0. The number of esters is 1. The van der Waals surface area contributed by atoms with Crippen molar-refractivity contribution >= 4 is 5.97 Å². The Bertz CT molecular complexity index is 1020. The fraction of sp³-hybridized carbons (Fsp3) is 0.321. The summed E-state index contributed by atoms with van der Waals surface area (Å²) in [5.74, 6) is -1.11. The highest BCUT2D eigenvalue weighted by molar-refractivity contribution is 5.77. The molecule has 3 nitrogen and oxygen atoms in total. The lowest BCUT2D eigenvalue weighted by molar-refractivity contribution is -0.166. The second kappa shape index (κ2) is 10.7. The Morgan fingerprint density at radius 1 is 0.879 bits per heavy atom. The van der Waals surface area contributed by atoms with Crippen molar-refractivity contribution < 1.29 is 18.3 Å². The lowest BCUT2D eigenvalue weighted by Gasteiger charge is -2.38. The zero-order chi connectivity index (χ0) is 24.0. The number of carbonyl (C=O) groups excluding carboxylic acids is 1. The number of ether oxygens (including phenoxy) is 1. The van der Waals surface area contributed by atoms with Crippen molar-refractivity contribution in [3.63, 3.8) is 0 Å². The fourth-order valence-electron chi connectivity index (χ4n) is 3.81. The minimum absolute atomic E-state index is 0.227. The summed E-state index contributed by atoms with van der Waals surface area (Å²) in [5.41, 5.74) is 1.34. The maximum absolute atomic E-state index is 16.1. The van der Waals surface area contributed by atoms with Crippen LogP contribution in [0.15, 0.2) is 84.9 Å². The molecule has 3 rings (SSSR count). The van der Waals surface area contributed by atoms with Crippen molar-refractivity contribution in [1.82, 2.24) is 4.90 Å². The summed E-state index contributed by atoms with van der Waals surface area (Å²) >= 11 is 0. The summed E-state index contributed by atoms with van der Waals surface area (Å²) in [6.07, 6.45) is -1.71. The molecule has 0 saturated carbocycles. The molecule has 0 N–H and O–H groups in total. The number of halogens is 2. The van der Waals surface area contributed by atoms with E-state index in [0.29, 0.717) is 6.54 Å². The molecule has 174 valence electrons. The summed E-state index contributed by atoms with van der Waals surface area (Å²) in [6, 6.07) is 23.0. The molecule has 0 spiro atoms. The summed E-state index contributed by atoms with van der Waals surface area (Å²) in [4.78, 5) is 15.3. The van der Waals surface area contributed by atoms with Crippen LogP contribution < -0.4 is 0 Å². The molecule has 0 heterocycles. The van der Waals surface area contributed by atoms with Gasteiger partial charge in [0.2, 0.25) is 0 Å². The fourth-order valence-corrected chi connectivity index (χ4v) is 3.81. The first-order valence-corrected chi connectivity index (χ1v) is 11.1. The van der Waals surface area contributed by atoms with E-state index >= 15 is 4.39 Å². The Hall–Kier alpha value is -3.05. The van der Waals surface area contributed by atoms with Gasteiger partial charge in [-0.2, -0.15) is 0 Å². The van der Waals surface area contributed by atoms with Crippen molar-refractivity contribution in [2.75, 3.05) is 0 Å². The van der Waals surface area contributed by atoms with Crippen LogP contribution in [0, 0.1) is 5.82 Å². The summed E-state index contributed by atoms with van der Waals surface area (Å²) < 4.78 is 35.3. The molecule has 0 aliphatic rings. The van der Waals surface area contributed by atoms with E-state index < -0.39 is 29.6 Å². The van der Waals surface area contributed by atoms with Crippen LogP contribution in [0.5, 0.6) is 0 Å². The van der Waals surface area contributed by atoms with Crippen LogP contribution in [0.2, 0.25) is 0 Å². The first-order chi connectivity index (χ1) is 15.7. The van der Waals surface area contributed by atoms with Gasteiger partial charge in [-0.3, -0.25) is 9.69 Å². The quantitative estimate of drug-likeness (QED) is 0.352. The maximum atomic E-state index is 16.1. The standard InChI is InChI=1S/C28H31F2NO2/c1-20(22-13-9-6-10-14-22)31(19-21-11-7-5-8-12-21)26(27(32)33-28(2,3)4)25(30)23-15-17-24(29)18-16-23/h5-18,20,25-26H,19H2,1-4H3/t20-,25+,26+/m1/s1. The normalized spacial score (nSPS) is 14.5. The molecule has 0 fully saturated rings. The predicted molar refractivity (Wildman–Crippen MR) is 127 cm³/mol. The zero-order valence-corrected chi connectivity index (χ0v) is 19.5. The van der Waals surface area contributed by atoms with Crippen molar-refractivity contribution in [3.05, 3.63) is 107 Å². The van der Waals surface area contributed by atoms with Gasteiger partial charge in [-0.05, 0) is 56.5 Å². The zero-order valence-electron chi connectivity index (χ0n) is 19.5. The smallest absolute Gasteiger partial charge is 0.327 e. The highest BCUT2D eigenvalue weighted by Gasteiger charge is 2.40. The van der Waals surface area contributed by atoms with Gasteiger partial charge < -0.3 is 4.74 Å². The van der Waals surface area contributed by atoms with E-state index in [1.54, 1.807) is 20.8 Å². The number of carbonyl (C=O) groups is 1. The molecule has 3 atom stereocenters. The molecule has 0 aliphatic carbocycles. The molecule has 3 aromatic carbocycles. The van der Waals surface area contributed by atoms with Gasteiger partial charge in [-0.25, -0.2) is 8.78 Å². The van der Waals surface area contributed by atoms with Crippen molar-refractivity contribution in [3.8, 4) is 0 Å². The number of alkyl halides is 1. The third-order valence-corrected chi connectivity index (χ3v) is 5.46. The lowest BCUT2D eigenvalue weighted by Crippen LogP contribution is -2.47. The summed E-state index contributed by atoms with van der Waals surface area (Å²) in [6.45, 7) is 7.56. The molecule has 0 bridgehead atoms.